The van der Waals surface area contributed by atoms with E-state index in [0.717, 1.165) is 25.1 Å². The van der Waals surface area contributed by atoms with E-state index in [-0.39, 0.29) is 21.3 Å². The molecule has 204 valence electrons. The Kier molecular flexibility index (Phi) is 9.24. The first kappa shape index (κ1) is 30.8. The minimum atomic E-state index is -5.00. The van der Waals surface area contributed by atoms with Gasteiger partial charge in [-0.3, -0.25) is 9.59 Å². The van der Waals surface area contributed by atoms with Crippen LogP contribution in [0, 0.1) is 17.3 Å². The highest BCUT2D eigenvalue weighted by molar-refractivity contribution is 6.33. The molecule has 4 atom stereocenters. The van der Waals surface area contributed by atoms with E-state index in [9.17, 15) is 41.0 Å². The van der Waals surface area contributed by atoms with E-state index in [4.69, 9.17) is 23.2 Å². The lowest BCUT2D eigenvalue weighted by Crippen LogP contribution is -2.40. The number of carbonyl (C=O) groups is 2. The maximum atomic E-state index is 14.1. The number of alkyl halides is 6. The normalized spacial score (nSPS) is 16.0. The molecule has 0 bridgehead atoms. The molecule has 37 heavy (non-hydrogen) atoms. The molecule has 1 unspecified atom stereocenters. The van der Waals surface area contributed by atoms with Gasteiger partial charge in [-0.05, 0) is 40.8 Å². The maximum Gasteiger partial charge on any atom is 0.396 e. The Labute approximate surface area is 219 Å². The number of carboxylic acid groups (broad SMARTS) is 1. The van der Waals surface area contributed by atoms with E-state index in [0.29, 0.717) is 0 Å². The molecule has 0 heterocycles. The number of hydrogen-bond donors (Lipinski definition) is 2. The summed E-state index contributed by atoms with van der Waals surface area (Å²) in [5.74, 6) is -11.2. The molecule has 0 saturated carbocycles. The third kappa shape index (κ3) is 7.54. The number of carbonyl (C=O) groups excluding carboxylic acids is 1. The molecule has 2 N–H and O–H groups in total. The van der Waals surface area contributed by atoms with Gasteiger partial charge in [0.25, 0.3) is 0 Å². The Morgan fingerprint density at radius 2 is 1.38 bits per heavy atom. The molecule has 0 saturated heterocycles. The first-order valence-corrected chi connectivity index (χ1v) is 11.7. The molecule has 1 amide bonds. The van der Waals surface area contributed by atoms with Crippen LogP contribution in [0.25, 0.3) is 0 Å². The summed E-state index contributed by atoms with van der Waals surface area (Å²) in [7, 11) is 0. The SMILES string of the molecule is C[C@H]([C@H](C(=O)Nc1cc([C@@H](C(C(=O)O)C(C)(C)C)C(F)(F)F)ccc1Cl)c1ccc(Cl)cc1)C(F)(F)F. The number of benzene rings is 2. The minimum absolute atomic E-state index is 0.0224. The van der Waals surface area contributed by atoms with Crippen molar-refractivity contribution in [2.75, 3.05) is 5.32 Å². The van der Waals surface area contributed by atoms with Crippen molar-refractivity contribution in [2.24, 2.45) is 17.3 Å². The van der Waals surface area contributed by atoms with Crippen LogP contribution in [0.4, 0.5) is 32.0 Å². The lowest BCUT2D eigenvalue weighted by atomic mass is 9.70. The molecular formula is C25H25Cl2F6NO3. The average molecular weight is 572 g/mol. The number of carboxylic acids is 1. The van der Waals surface area contributed by atoms with E-state index in [1.54, 1.807) is 0 Å². The van der Waals surface area contributed by atoms with E-state index in [1.165, 1.54) is 45.0 Å². The van der Waals surface area contributed by atoms with Gasteiger partial charge in [0.1, 0.15) is 0 Å². The molecule has 0 fully saturated rings. The summed E-state index contributed by atoms with van der Waals surface area (Å²) in [5.41, 5.74) is -2.24. The van der Waals surface area contributed by atoms with Crippen LogP contribution in [0.15, 0.2) is 42.5 Å². The molecule has 0 aliphatic rings. The number of amides is 1. The van der Waals surface area contributed by atoms with Crippen LogP contribution in [0.5, 0.6) is 0 Å². The van der Waals surface area contributed by atoms with Gasteiger partial charge in [0.2, 0.25) is 5.91 Å². The van der Waals surface area contributed by atoms with Crippen molar-refractivity contribution >= 4 is 40.8 Å². The quantitative estimate of drug-likeness (QED) is 0.328. The molecule has 4 nitrogen and oxygen atoms in total. The standard InChI is InChI=1S/C25H25Cl2F6NO3/c1-12(24(28,29)30)18(13-5-8-15(26)9-6-13)21(35)34-17-11-14(7-10-16(17)27)19(25(31,32)33)20(22(36)37)23(2,3)4/h5-12,18-20H,1-4H3,(H,34,35)(H,36,37)/t12-,18+,19+,20?/m1/s1. The molecule has 0 aliphatic carbocycles. The summed E-state index contributed by atoms with van der Waals surface area (Å²) in [5, 5.41) is 11.8. The molecule has 0 radical (unpaired) electrons. The molecule has 0 aliphatic heterocycles. The Hall–Kier alpha value is -2.46. The van der Waals surface area contributed by atoms with Gasteiger partial charge in [-0.25, -0.2) is 0 Å². The van der Waals surface area contributed by atoms with Gasteiger partial charge >= 0.3 is 18.3 Å². The molecule has 2 rings (SSSR count). The highest BCUT2D eigenvalue weighted by atomic mass is 35.5. The zero-order chi connectivity index (χ0) is 28.5. The monoisotopic (exact) mass is 571 g/mol. The van der Waals surface area contributed by atoms with E-state index < -0.39 is 58.9 Å². The van der Waals surface area contributed by atoms with Crippen molar-refractivity contribution in [1.29, 1.82) is 0 Å². The van der Waals surface area contributed by atoms with Crippen molar-refractivity contribution in [3.05, 3.63) is 63.6 Å². The average Bonchev–Trinajstić information content (AvgIpc) is 2.72. The number of nitrogens with one attached hydrogen (secondary N) is 1. The summed E-state index contributed by atoms with van der Waals surface area (Å²) >= 11 is 11.9. The molecule has 2 aromatic carbocycles. The van der Waals surface area contributed by atoms with Gasteiger partial charge in [0, 0.05) is 5.02 Å². The van der Waals surface area contributed by atoms with Crippen LogP contribution < -0.4 is 5.32 Å². The Morgan fingerprint density at radius 1 is 0.865 bits per heavy atom. The predicted octanol–water partition coefficient (Wildman–Crippen LogP) is 8.31. The summed E-state index contributed by atoms with van der Waals surface area (Å²) in [6, 6.07) is 7.95. The second kappa shape index (κ2) is 11.1. The van der Waals surface area contributed by atoms with Gasteiger partial charge in [0.15, 0.2) is 0 Å². The third-order valence-electron chi connectivity index (χ3n) is 6.02. The van der Waals surface area contributed by atoms with Gasteiger partial charge < -0.3 is 10.4 Å². The Bertz CT molecular complexity index is 1130. The van der Waals surface area contributed by atoms with Gasteiger partial charge in [-0.1, -0.05) is 69.1 Å². The highest BCUT2D eigenvalue weighted by Crippen LogP contribution is 2.48. The van der Waals surface area contributed by atoms with Crippen LogP contribution in [-0.4, -0.2) is 29.3 Å². The summed E-state index contributed by atoms with van der Waals surface area (Å²) in [6.07, 6.45) is -9.78. The zero-order valence-corrected chi connectivity index (χ0v) is 21.7. The van der Waals surface area contributed by atoms with Crippen LogP contribution in [-0.2, 0) is 9.59 Å². The van der Waals surface area contributed by atoms with Crippen molar-refractivity contribution < 1.29 is 41.0 Å². The predicted molar refractivity (Wildman–Crippen MR) is 129 cm³/mol. The van der Waals surface area contributed by atoms with Gasteiger partial charge in [0.05, 0.1) is 34.4 Å². The third-order valence-corrected chi connectivity index (χ3v) is 6.60. The van der Waals surface area contributed by atoms with E-state index in [1.807, 2.05) is 0 Å². The Balaban J connectivity index is 2.58. The van der Waals surface area contributed by atoms with Crippen LogP contribution in [0.3, 0.4) is 0 Å². The smallest absolute Gasteiger partial charge is 0.396 e. The molecular weight excluding hydrogens is 547 g/mol. The van der Waals surface area contributed by atoms with Crippen LogP contribution in [0.1, 0.15) is 50.7 Å². The molecule has 12 heteroatoms. The fourth-order valence-corrected chi connectivity index (χ4v) is 4.44. The number of halogens is 8. The van der Waals surface area contributed by atoms with Gasteiger partial charge in [-0.2, -0.15) is 26.3 Å². The lowest BCUT2D eigenvalue weighted by molar-refractivity contribution is -0.184. The molecule has 0 aromatic heterocycles. The minimum Gasteiger partial charge on any atom is -0.481 e. The number of hydrogen-bond acceptors (Lipinski definition) is 2. The van der Waals surface area contributed by atoms with Crippen molar-refractivity contribution in [2.45, 2.75) is 51.9 Å². The Morgan fingerprint density at radius 3 is 1.81 bits per heavy atom. The molecule has 2 aromatic rings. The van der Waals surface area contributed by atoms with Gasteiger partial charge in [-0.15, -0.1) is 0 Å². The number of rotatable bonds is 7. The summed E-state index contributed by atoms with van der Waals surface area (Å²) in [6.45, 7) is 4.84. The maximum absolute atomic E-state index is 14.1. The topological polar surface area (TPSA) is 66.4 Å². The number of anilines is 1. The fraction of sp³-hybridized carbons (Fsp3) is 0.440. The second-order valence-electron chi connectivity index (χ2n) is 9.79. The summed E-state index contributed by atoms with van der Waals surface area (Å²) < 4.78 is 83.2. The highest BCUT2D eigenvalue weighted by Gasteiger charge is 2.53. The zero-order valence-electron chi connectivity index (χ0n) is 20.1. The lowest BCUT2D eigenvalue weighted by Gasteiger charge is -2.35. The van der Waals surface area contributed by atoms with E-state index in [2.05, 4.69) is 5.32 Å². The fourth-order valence-electron chi connectivity index (χ4n) is 4.15. The molecule has 0 spiro atoms. The second-order valence-corrected chi connectivity index (χ2v) is 10.6. The van der Waals surface area contributed by atoms with Crippen LogP contribution in [0.2, 0.25) is 10.0 Å². The van der Waals surface area contributed by atoms with Crippen molar-refractivity contribution in [3.8, 4) is 0 Å². The summed E-state index contributed by atoms with van der Waals surface area (Å²) in [4.78, 5) is 25.0. The first-order valence-electron chi connectivity index (χ1n) is 11.0. The largest absolute Gasteiger partial charge is 0.481 e. The number of aliphatic carboxylic acids is 1. The van der Waals surface area contributed by atoms with E-state index >= 15 is 0 Å². The van der Waals surface area contributed by atoms with Crippen molar-refractivity contribution in [3.63, 3.8) is 0 Å². The van der Waals surface area contributed by atoms with Crippen LogP contribution >= 0.6 is 23.2 Å². The first-order chi connectivity index (χ1) is 16.7. The van der Waals surface area contributed by atoms with Crippen molar-refractivity contribution in [1.82, 2.24) is 0 Å².